The van der Waals surface area contributed by atoms with E-state index in [0.717, 1.165) is 23.0 Å². The maximum absolute atomic E-state index is 13.8. The zero-order chi connectivity index (χ0) is 14.7. The molecule has 1 N–H and O–H groups in total. The summed E-state index contributed by atoms with van der Waals surface area (Å²) in [6, 6.07) is 7.48. The first-order valence-corrected chi connectivity index (χ1v) is 8.87. The normalized spacial score (nSPS) is 12.7. The Hall–Kier alpha value is -0.230. The highest BCUT2D eigenvalue weighted by molar-refractivity contribution is 9.10. The molecule has 0 bridgehead atoms. The summed E-state index contributed by atoms with van der Waals surface area (Å²) in [6.07, 6.45) is 1.04. The number of rotatable bonds is 5. The van der Waals surface area contributed by atoms with Crippen LogP contribution in [0.15, 0.2) is 33.2 Å². The molecule has 0 aliphatic rings. The molecule has 0 aliphatic carbocycles. The van der Waals surface area contributed by atoms with Crippen LogP contribution in [-0.2, 0) is 0 Å². The van der Waals surface area contributed by atoms with Crippen molar-refractivity contribution in [2.45, 2.75) is 26.3 Å². The van der Waals surface area contributed by atoms with Gasteiger partial charge in [0.15, 0.2) is 0 Å². The van der Waals surface area contributed by atoms with Crippen molar-refractivity contribution in [1.29, 1.82) is 0 Å². The Kier molecular flexibility index (Phi) is 5.78. The second-order valence-electron chi connectivity index (χ2n) is 4.61. The number of hydrogen-bond acceptors (Lipinski definition) is 2. The van der Waals surface area contributed by atoms with E-state index >= 15 is 0 Å². The molecule has 0 saturated heterocycles. The molecule has 2 aromatic rings. The van der Waals surface area contributed by atoms with Gasteiger partial charge in [0.05, 0.1) is 10.5 Å². The third-order valence-electron chi connectivity index (χ3n) is 3.04. The van der Waals surface area contributed by atoms with Crippen LogP contribution in [-0.4, -0.2) is 6.54 Å². The third-order valence-corrected chi connectivity index (χ3v) is 5.88. The molecule has 20 heavy (non-hydrogen) atoms. The van der Waals surface area contributed by atoms with Crippen LogP contribution in [0.2, 0.25) is 0 Å². The number of benzene rings is 1. The molecular formula is C15H16Br2FNS. The Labute approximate surface area is 139 Å². The van der Waals surface area contributed by atoms with Crippen molar-refractivity contribution in [3.63, 3.8) is 0 Å². The predicted molar refractivity (Wildman–Crippen MR) is 91.0 cm³/mol. The summed E-state index contributed by atoms with van der Waals surface area (Å²) in [4.78, 5) is 2.44. The first kappa shape index (κ1) is 16.1. The van der Waals surface area contributed by atoms with Gasteiger partial charge in [0.2, 0.25) is 0 Å². The van der Waals surface area contributed by atoms with Gasteiger partial charge in [-0.2, -0.15) is 0 Å². The molecule has 0 aliphatic heterocycles. The van der Waals surface area contributed by atoms with Gasteiger partial charge in [-0.25, -0.2) is 4.39 Å². The lowest BCUT2D eigenvalue weighted by Gasteiger charge is -2.18. The topological polar surface area (TPSA) is 12.0 Å². The molecule has 0 spiro atoms. The van der Waals surface area contributed by atoms with Crippen molar-refractivity contribution < 1.29 is 4.39 Å². The fourth-order valence-corrected chi connectivity index (χ4v) is 3.90. The summed E-state index contributed by atoms with van der Waals surface area (Å²) in [7, 11) is 0. The molecule has 5 heteroatoms. The number of aryl methyl sites for hydroxylation is 1. The van der Waals surface area contributed by atoms with Gasteiger partial charge >= 0.3 is 0 Å². The molecule has 1 unspecified atom stereocenters. The number of nitrogens with one attached hydrogen (secondary N) is 1. The van der Waals surface area contributed by atoms with Gasteiger partial charge in [-0.3, -0.25) is 0 Å². The van der Waals surface area contributed by atoms with Crippen LogP contribution in [0.4, 0.5) is 4.39 Å². The van der Waals surface area contributed by atoms with Crippen LogP contribution in [0.1, 0.15) is 34.7 Å². The first-order valence-electron chi connectivity index (χ1n) is 6.47. The van der Waals surface area contributed by atoms with Crippen molar-refractivity contribution in [3.05, 3.63) is 54.3 Å². The van der Waals surface area contributed by atoms with E-state index in [4.69, 9.17) is 0 Å². The standard InChI is InChI=1S/C15H16Br2FNS/c1-3-6-19-15(14-8-12(17)9(2)20-14)10-4-5-11(16)13(18)7-10/h4-5,7-8,15,19H,3,6H2,1-2H3. The SMILES string of the molecule is CCCNC(c1ccc(Br)c(F)c1)c1cc(Br)c(C)s1. The summed E-state index contributed by atoms with van der Waals surface area (Å²) in [5.41, 5.74) is 0.952. The average Bonchev–Trinajstić information content (AvgIpc) is 2.74. The van der Waals surface area contributed by atoms with Crippen LogP contribution >= 0.6 is 43.2 Å². The third kappa shape index (κ3) is 3.70. The van der Waals surface area contributed by atoms with E-state index in [1.165, 1.54) is 9.75 Å². The number of halogens is 3. The highest BCUT2D eigenvalue weighted by Crippen LogP contribution is 2.34. The lowest BCUT2D eigenvalue weighted by molar-refractivity contribution is 0.588. The molecule has 0 amide bonds. The Balaban J connectivity index is 2.38. The second-order valence-corrected chi connectivity index (χ2v) is 7.61. The minimum Gasteiger partial charge on any atom is -0.306 e. The zero-order valence-corrected chi connectivity index (χ0v) is 15.3. The fraction of sp³-hybridized carbons (Fsp3) is 0.333. The van der Waals surface area contributed by atoms with Gasteiger partial charge in [0.1, 0.15) is 5.82 Å². The summed E-state index contributed by atoms with van der Waals surface area (Å²) in [5.74, 6) is -0.224. The molecule has 1 nitrogen and oxygen atoms in total. The Bertz CT molecular complexity index is 578. The van der Waals surface area contributed by atoms with Crippen molar-refractivity contribution in [3.8, 4) is 0 Å². The van der Waals surface area contributed by atoms with E-state index in [0.29, 0.717) is 4.47 Å². The molecular weight excluding hydrogens is 405 g/mol. The molecule has 0 fully saturated rings. The van der Waals surface area contributed by atoms with Gasteiger partial charge in [-0.15, -0.1) is 11.3 Å². The highest BCUT2D eigenvalue weighted by atomic mass is 79.9. The first-order chi connectivity index (χ1) is 9.52. The predicted octanol–water partition coefficient (Wildman–Crippen LogP) is 5.81. The largest absolute Gasteiger partial charge is 0.306 e. The van der Waals surface area contributed by atoms with Gasteiger partial charge in [0, 0.05) is 14.2 Å². The van der Waals surface area contributed by atoms with Crippen molar-refractivity contribution >= 4 is 43.2 Å². The highest BCUT2D eigenvalue weighted by Gasteiger charge is 2.18. The lowest BCUT2D eigenvalue weighted by atomic mass is 10.1. The van der Waals surface area contributed by atoms with E-state index in [1.54, 1.807) is 23.5 Å². The summed E-state index contributed by atoms with van der Waals surface area (Å²) < 4.78 is 15.4. The van der Waals surface area contributed by atoms with E-state index in [9.17, 15) is 4.39 Å². The number of hydrogen-bond donors (Lipinski definition) is 1. The van der Waals surface area contributed by atoms with Crippen LogP contribution < -0.4 is 5.32 Å². The molecule has 1 aromatic heterocycles. The Morgan fingerprint density at radius 2 is 2.00 bits per heavy atom. The molecule has 2 rings (SSSR count). The van der Waals surface area contributed by atoms with Gasteiger partial charge in [0.25, 0.3) is 0 Å². The monoisotopic (exact) mass is 419 g/mol. The van der Waals surface area contributed by atoms with E-state index in [1.807, 2.05) is 6.07 Å². The maximum atomic E-state index is 13.8. The smallest absolute Gasteiger partial charge is 0.137 e. The second kappa shape index (κ2) is 7.16. The molecule has 1 aromatic carbocycles. The molecule has 0 saturated carbocycles. The summed E-state index contributed by atoms with van der Waals surface area (Å²) >= 11 is 8.49. The summed E-state index contributed by atoms with van der Waals surface area (Å²) in [5, 5.41) is 3.50. The summed E-state index contributed by atoms with van der Waals surface area (Å²) in [6.45, 7) is 5.11. The molecule has 1 atom stereocenters. The average molecular weight is 421 g/mol. The molecule has 1 heterocycles. The van der Waals surface area contributed by atoms with Crippen molar-refractivity contribution in [2.75, 3.05) is 6.54 Å². The van der Waals surface area contributed by atoms with Gasteiger partial charge in [-0.1, -0.05) is 13.0 Å². The van der Waals surface area contributed by atoms with E-state index < -0.39 is 0 Å². The maximum Gasteiger partial charge on any atom is 0.137 e. The van der Waals surface area contributed by atoms with Gasteiger partial charge in [-0.05, 0) is 75.5 Å². The minimum absolute atomic E-state index is 0.0348. The van der Waals surface area contributed by atoms with Crippen LogP contribution in [0, 0.1) is 12.7 Å². The zero-order valence-electron chi connectivity index (χ0n) is 11.3. The van der Waals surface area contributed by atoms with Crippen LogP contribution in [0.5, 0.6) is 0 Å². The van der Waals surface area contributed by atoms with Crippen molar-refractivity contribution in [2.24, 2.45) is 0 Å². The number of thiophene rings is 1. The van der Waals surface area contributed by atoms with Crippen LogP contribution in [0.25, 0.3) is 0 Å². The van der Waals surface area contributed by atoms with E-state index in [2.05, 4.69) is 57.1 Å². The molecule has 108 valence electrons. The Morgan fingerprint density at radius 1 is 1.25 bits per heavy atom. The Morgan fingerprint density at radius 3 is 2.55 bits per heavy atom. The van der Waals surface area contributed by atoms with Crippen LogP contribution in [0.3, 0.4) is 0 Å². The quantitative estimate of drug-likeness (QED) is 0.643. The minimum atomic E-state index is -0.224. The lowest BCUT2D eigenvalue weighted by Crippen LogP contribution is -2.22. The van der Waals surface area contributed by atoms with Crippen molar-refractivity contribution in [1.82, 2.24) is 5.32 Å². The fourth-order valence-electron chi connectivity index (χ4n) is 1.99. The molecule has 0 radical (unpaired) electrons. The van der Waals surface area contributed by atoms with Gasteiger partial charge < -0.3 is 5.32 Å². The van der Waals surface area contributed by atoms with E-state index in [-0.39, 0.29) is 11.9 Å².